The first-order valence-electron chi connectivity index (χ1n) is 4.76. The molecule has 1 N–H and O–H groups in total. The van der Waals surface area contributed by atoms with Crippen LogP contribution < -0.4 is 0 Å². The number of nitro benzene ring substituents is 1. The highest BCUT2D eigenvalue weighted by molar-refractivity contribution is 5.47. The quantitative estimate of drug-likeness (QED) is 0.601. The zero-order valence-corrected chi connectivity index (χ0v) is 9.15. The van der Waals surface area contributed by atoms with E-state index in [1.165, 1.54) is 12.1 Å². The molecular formula is C11H15NO3. The first-order valence-corrected chi connectivity index (χ1v) is 4.76. The zero-order valence-electron chi connectivity index (χ0n) is 9.15. The summed E-state index contributed by atoms with van der Waals surface area (Å²) in [4.78, 5) is 10.0. The van der Waals surface area contributed by atoms with Crippen LogP contribution in [0, 0.1) is 15.5 Å². The standard InChI is InChI=1S/C11H15NO3/c1-11(2,3)7-8-4-5-10(13)9(6-8)12(14)15/h4-6,13H,7H2,1-3H3. The van der Waals surface area contributed by atoms with E-state index in [1.54, 1.807) is 6.07 Å². The minimum atomic E-state index is -0.568. The van der Waals surface area contributed by atoms with E-state index in [2.05, 4.69) is 20.8 Å². The molecule has 1 rings (SSSR count). The van der Waals surface area contributed by atoms with E-state index in [0.29, 0.717) is 0 Å². The first-order chi connectivity index (χ1) is 6.79. The Hall–Kier alpha value is -1.58. The van der Waals surface area contributed by atoms with Crippen LogP contribution in [0.25, 0.3) is 0 Å². The summed E-state index contributed by atoms with van der Waals surface area (Å²) in [7, 11) is 0. The largest absolute Gasteiger partial charge is 0.502 e. The first kappa shape index (κ1) is 11.5. The monoisotopic (exact) mass is 209 g/mol. The van der Waals surface area contributed by atoms with Crippen LogP contribution in [-0.2, 0) is 6.42 Å². The SMILES string of the molecule is CC(C)(C)Cc1ccc(O)c([N+](=O)[O-])c1. The van der Waals surface area contributed by atoms with Gasteiger partial charge >= 0.3 is 5.69 Å². The van der Waals surface area contributed by atoms with Gasteiger partial charge in [0.05, 0.1) is 4.92 Å². The predicted octanol–water partition coefficient (Wildman–Crippen LogP) is 2.89. The maximum absolute atomic E-state index is 10.6. The summed E-state index contributed by atoms with van der Waals surface area (Å²) in [6.45, 7) is 6.18. The second-order valence-electron chi connectivity index (χ2n) is 4.82. The van der Waals surface area contributed by atoms with Gasteiger partial charge in [0.2, 0.25) is 0 Å². The van der Waals surface area contributed by atoms with Gasteiger partial charge in [-0.3, -0.25) is 10.1 Å². The highest BCUT2D eigenvalue weighted by Crippen LogP contribution is 2.29. The molecule has 4 heteroatoms. The van der Waals surface area contributed by atoms with Crippen molar-refractivity contribution in [1.82, 2.24) is 0 Å². The Morgan fingerprint density at radius 2 is 2.00 bits per heavy atom. The van der Waals surface area contributed by atoms with Gasteiger partial charge in [-0.2, -0.15) is 0 Å². The average Bonchev–Trinajstić information content (AvgIpc) is 2.05. The third-order valence-electron chi connectivity index (χ3n) is 1.97. The molecule has 0 fully saturated rings. The number of benzene rings is 1. The van der Waals surface area contributed by atoms with Crippen LogP contribution >= 0.6 is 0 Å². The number of hydrogen-bond acceptors (Lipinski definition) is 3. The minimum Gasteiger partial charge on any atom is -0.502 e. The molecule has 0 aliphatic carbocycles. The van der Waals surface area contributed by atoms with Gasteiger partial charge in [0.15, 0.2) is 5.75 Å². The Bertz CT molecular complexity index is 380. The Morgan fingerprint density at radius 1 is 1.40 bits per heavy atom. The minimum absolute atomic E-state index is 0.0742. The van der Waals surface area contributed by atoms with Crippen LogP contribution in [0.5, 0.6) is 5.75 Å². The Balaban J connectivity index is 3.03. The summed E-state index contributed by atoms with van der Waals surface area (Å²) in [5.41, 5.74) is 0.717. The van der Waals surface area contributed by atoms with Gasteiger partial charge in [0.25, 0.3) is 0 Å². The second kappa shape index (κ2) is 3.88. The van der Waals surface area contributed by atoms with Crippen molar-refractivity contribution in [1.29, 1.82) is 0 Å². The summed E-state index contributed by atoms with van der Waals surface area (Å²) in [5.74, 6) is -0.280. The molecule has 4 nitrogen and oxygen atoms in total. The lowest BCUT2D eigenvalue weighted by Gasteiger charge is -2.17. The highest BCUT2D eigenvalue weighted by Gasteiger charge is 2.17. The van der Waals surface area contributed by atoms with Crippen molar-refractivity contribution in [2.24, 2.45) is 5.41 Å². The van der Waals surface area contributed by atoms with Gasteiger partial charge in [0, 0.05) is 6.07 Å². The summed E-state index contributed by atoms with van der Waals surface area (Å²) in [6.07, 6.45) is 0.744. The lowest BCUT2D eigenvalue weighted by atomic mass is 9.88. The summed E-state index contributed by atoms with van der Waals surface area (Å²) < 4.78 is 0. The number of nitro groups is 1. The smallest absolute Gasteiger partial charge is 0.310 e. The fourth-order valence-electron chi connectivity index (χ4n) is 1.44. The molecule has 15 heavy (non-hydrogen) atoms. The molecule has 1 aromatic carbocycles. The Morgan fingerprint density at radius 3 is 2.47 bits per heavy atom. The fourth-order valence-corrected chi connectivity index (χ4v) is 1.44. The molecule has 0 saturated carbocycles. The van der Waals surface area contributed by atoms with Gasteiger partial charge in [-0.15, -0.1) is 0 Å². The van der Waals surface area contributed by atoms with Crippen LogP contribution in [0.15, 0.2) is 18.2 Å². The molecule has 0 heterocycles. The number of hydrogen-bond donors (Lipinski definition) is 1. The van der Waals surface area contributed by atoms with Gasteiger partial charge in [-0.25, -0.2) is 0 Å². The van der Waals surface area contributed by atoms with Crippen LogP contribution in [-0.4, -0.2) is 10.0 Å². The van der Waals surface area contributed by atoms with E-state index < -0.39 is 4.92 Å². The van der Waals surface area contributed by atoms with Gasteiger partial charge in [-0.05, 0) is 23.5 Å². The summed E-state index contributed by atoms with van der Waals surface area (Å²) in [6, 6.07) is 4.52. The molecule has 1 aromatic rings. The molecule has 0 bridgehead atoms. The molecule has 0 atom stereocenters. The molecule has 82 valence electrons. The van der Waals surface area contributed by atoms with E-state index in [0.717, 1.165) is 12.0 Å². The van der Waals surface area contributed by atoms with E-state index in [-0.39, 0.29) is 16.9 Å². The van der Waals surface area contributed by atoms with Gasteiger partial charge < -0.3 is 5.11 Å². The van der Waals surface area contributed by atoms with Crippen molar-refractivity contribution in [3.8, 4) is 5.75 Å². The molecule has 0 spiro atoms. The summed E-state index contributed by atoms with van der Waals surface area (Å²) >= 11 is 0. The lowest BCUT2D eigenvalue weighted by Crippen LogP contribution is -2.09. The molecule has 0 aliphatic rings. The zero-order chi connectivity index (χ0) is 11.6. The van der Waals surface area contributed by atoms with Crippen molar-refractivity contribution in [3.05, 3.63) is 33.9 Å². The van der Waals surface area contributed by atoms with Crippen LogP contribution in [0.2, 0.25) is 0 Å². The Labute approximate surface area is 88.7 Å². The molecule has 0 amide bonds. The van der Waals surface area contributed by atoms with E-state index in [1.807, 2.05) is 0 Å². The maximum Gasteiger partial charge on any atom is 0.310 e. The van der Waals surface area contributed by atoms with Crippen molar-refractivity contribution in [3.63, 3.8) is 0 Å². The van der Waals surface area contributed by atoms with Crippen molar-refractivity contribution in [2.75, 3.05) is 0 Å². The third-order valence-corrected chi connectivity index (χ3v) is 1.97. The molecule has 0 saturated heterocycles. The molecule has 0 aromatic heterocycles. The fraction of sp³-hybridized carbons (Fsp3) is 0.455. The maximum atomic E-state index is 10.6. The van der Waals surface area contributed by atoms with Crippen LogP contribution in [0.1, 0.15) is 26.3 Å². The molecule has 0 unspecified atom stereocenters. The van der Waals surface area contributed by atoms with E-state index >= 15 is 0 Å². The lowest BCUT2D eigenvalue weighted by molar-refractivity contribution is -0.385. The van der Waals surface area contributed by atoms with Crippen molar-refractivity contribution >= 4 is 5.69 Å². The molecule has 0 aliphatic heterocycles. The number of nitrogens with zero attached hydrogens (tertiary/aromatic N) is 1. The highest BCUT2D eigenvalue weighted by atomic mass is 16.6. The number of phenols is 1. The van der Waals surface area contributed by atoms with Crippen LogP contribution in [0.3, 0.4) is 0 Å². The Kier molecular flexibility index (Phi) is 2.98. The number of aromatic hydroxyl groups is 1. The van der Waals surface area contributed by atoms with E-state index in [4.69, 9.17) is 0 Å². The molecular weight excluding hydrogens is 194 g/mol. The van der Waals surface area contributed by atoms with E-state index in [9.17, 15) is 15.2 Å². The number of phenolic OH excluding ortho intramolecular Hbond substituents is 1. The topological polar surface area (TPSA) is 63.4 Å². The van der Waals surface area contributed by atoms with Crippen molar-refractivity contribution in [2.45, 2.75) is 27.2 Å². The number of rotatable bonds is 2. The average molecular weight is 209 g/mol. The van der Waals surface area contributed by atoms with Crippen LogP contribution in [0.4, 0.5) is 5.69 Å². The van der Waals surface area contributed by atoms with Gasteiger partial charge in [0.1, 0.15) is 0 Å². The predicted molar refractivity (Wildman–Crippen MR) is 57.9 cm³/mol. The normalized spacial score (nSPS) is 11.4. The summed E-state index contributed by atoms with van der Waals surface area (Å²) in [5, 5.41) is 19.8. The van der Waals surface area contributed by atoms with Crippen molar-refractivity contribution < 1.29 is 10.0 Å². The molecule has 0 radical (unpaired) electrons. The third kappa shape index (κ3) is 3.23. The van der Waals surface area contributed by atoms with Gasteiger partial charge in [-0.1, -0.05) is 26.8 Å². The second-order valence-corrected chi connectivity index (χ2v) is 4.82.